The summed E-state index contributed by atoms with van der Waals surface area (Å²) in [5.74, 6) is 0. The van der Waals surface area contributed by atoms with Crippen LogP contribution in [0.15, 0.2) is 29.2 Å². The molecule has 0 amide bonds. The zero-order valence-electron chi connectivity index (χ0n) is 12.8. The molecule has 1 heterocycles. The minimum Gasteiger partial charge on any atom is -0.374 e. The van der Waals surface area contributed by atoms with Crippen molar-refractivity contribution < 1.29 is 13.2 Å². The molecule has 1 aliphatic heterocycles. The highest BCUT2D eigenvalue weighted by molar-refractivity contribution is 7.89. The summed E-state index contributed by atoms with van der Waals surface area (Å²) in [6.07, 6.45) is 1.86. The maximum Gasteiger partial charge on any atom is 0.240 e. The molecule has 1 saturated heterocycles. The third kappa shape index (κ3) is 4.03. The second-order valence-electron chi connectivity index (χ2n) is 5.81. The predicted molar refractivity (Wildman–Crippen MR) is 82.7 cm³/mol. The first-order valence-electron chi connectivity index (χ1n) is 7.27. The van der Waals surface area contributed by atoms with E-state index < -0.39 is 10.0 Å². The standard InChI is InChI=1S/C15H24N2O3S/c1-12(16-3)13-5-7-14(8-6-13)21(18,19)17-11-15(2)9-4-10-20-15/h5-8,12,16-17H,4,9-11H2,1-3H3. The van der Waals surface area contributed by atoms with Gasteiger partial charge in [0.25, 0.3) is 0 Å². The summed E-state index contributed by atoms with van der Waals surface area (Å²) in [5.41, 5.74) is 0.677. The summed E-state index contributed by atoms with van der Waals surface area (Å²) in [5, 5.41) is 3.13. The van der Waals surface area contributed by atoms with Crippen LogP contribution in [-0.2, 0) is 14.8 Å². The van der Waals surface area contributed by atoms with Crippen molar-refractivity contribution in [3.05, 3.63) is 29.8 Å². The largest absolute Gasteiger partial charge is 0.374 e. The van der Waals surface area contributed by atoms with Gasteiger partial charge < -0.3 is 10.1 Å². The number of nitrogens with one attached hydrogen (secondary N) is 2. The Morgan fingerprint density at radius 3 is 2.52 bits per heavy atom. The second kappa shape index (κ2) is 6.44. The normalized spacial score (nSPS) is 24.1. The smallest absolute Gasteiger partial charge is 0.240 e. The van der Waals surface area contributed by atoms with Gasteiger partial charge in [0.05, 0.1) is 10.5 Å². The van der Waals surface area contributed by atoms with E-state index in [1.165, 1.54) is 0 Å². The van der Waals surface area contributed by atoms with E-state index >= 15 is 0 Å². The summed E-state index contributed by atoms with van der Waals surface area (Å²) in [4.78, 5) is 0.288. The molecule has 1 fully saturated rings. The van der Waals surface area contributed by atoms with Gasteiger partial charge in [-0.1, -0.05) is 12.1 Å². The summed E-state index contributed by atoms with van der Waals surface area (Å²) in [6.45, 7) is 4.99. The Morgan fingerprint density at radius 2 is 2.00 bits per heavy atom. The zero-order chi connectivity index (χ0) is 15.5. The highest BCUT2D eigenvalue weighted by atomic mass is 32.2. The number of benzene rings is 1. The van der Waals surface area contributed by atoms with Crippen molar-refractivity contribution in [3.63, 3.8) is 0 Å². The molecule has 5 nitrogen and oxygen atoms in total. The molecule has 2 rings (SSSR count). The molecule has 2 N–H and O–H groups in total. The number of sulfonamides is 1. The van der Waals surface area contributed by atoms with Crippen LogP contribution in [0.1, 0.15) is 38.3 Å². The van der Waals surface area contributed by atoms with Crippen molar-refractivity contribution in [2.45, 2.75) is 43.2 Å². The summed E-state index contributed by atoms with van der Waals surface area (Å²) in [6, 6.07) is 7.15. The van der Waals surface area contributed by atoms with Crippen molar-refractivity contribution in [2.75, 3.05) is 20.2 Å². The molecule has 0 radical (unpaired) electrons. The van der Waals surface area contributed by atoms with Gasteiger partial charge in [-0.05, 0) is 51.4 Å². The lowest BCUT2D eigenvalue weighted by Crippen LogP contribution is -2.40. The summed E-state index contributed by atoms with van der Waals surface area (Å²) >= 11 is 0. The van der Waals surface area contributed by atoms with Gasteiger partial charge in [-0.2, -0.15) is 0 Å². The first-order valence-corrected chi connectivity index (χ1v) is 8.75. The third-order valence-corrected chi connectivity index (χ3v) is 5.48. The lowest BCUT2D eigenvalue weighted by atomic mass is 10.0. The lowest BCUT2D eigenvalue weighted by Gasteiger charge is -2.23. The van der Waals surface area contributed by atoms with Gasteiger partial charge in [0.15, 0.2) is 0 Å². The lowest BCUT2D eigenvalue weighted by molar-refractivity contribution is 0.0250. The van der Waals surface area contributed by atoms with Crippen LogP contribution in [0.25, 0.3) is 0 Å². The van der Waals surface area contributed by atoms with E-state index in [9.17, 15) is 8.42 Å². The minimum atomic E-state index is -3.49. The van der Waals surface area contributed by atoms with Crippen LogP contribution in [0.2, 0.25) is 0 Å². The van der Waals surface area contributed by atoms with E-state index in [0.29, 0.717) is 13.2 Å². The van der Waals surface area contributed by atoms with E-state index in [-0.39, 0.29) is 16.5 Å². The van der Waals surface area contributed by atoms with E-state index in [0.717, 1.165) is 18.4 Å². The van der Waals surface area contributed by atoms with E-state index in [4.69, 9.17) is 4.74 Å². The van der Waals surface area contributed by atoms with Crippen molar-refractivity contribution in [3.8, 4) is 0 Å². The number of hydrogen-bond donors (Lipinski definition) is 2. The first-order chi connectivity index (χ1) is 9.86. The van der Waals surface area contributed by atoms with Crippen molar-refractivity contribution in [1.82, 2.24) is 10.0 Å². The molecule has 0 bridgehead atoms. The van der Waals surface area contributed by atoms with Crippen LogP contribution in [-0.4, -0.2) is 34.2 Å². The minimum absolute atomic E-state index is 0.195. The van der Waals surface area contributed by atoms with Crippen LogP contribution in [0, 0.1) is 0 Å². The Labute approximate surface area is 127 Å². The third-order valence-electron chi connectivity index (χ3n) is 4.06. The van der Waals surface area contributed by atoms with Crippen LogP contribution < -0.4 is 10.0 Å². The predicted octanol–water partition coefficient (Wildman–Crippen LogP) is 1.81. The topological polar surface area (TPSA) is 67.4 Å². The maximum absolute atomic E-state index is 12.3. The quantitative estimate of drug-likeness (QED) is 0.841. The number of ether oxygens (including phenoxy) is 1. The second-order valence-corrected chi connectivity index (χ2v) is 7.57. The molecule has 0 aliphatic carbocycles. The van der Waals surface area contributed by atoms with Crippen molar-refractivity contribution >= 4 is 10.0 Å². The van der Waals surface area contributed by atoms with Crippen molar-refractivity contribution in [2.24, 2.45) is 0 Å². The molecular formula is C15H24N2O3S. The van der Waals surface area contributed by atoms with Gasteiger partial charge in [-0.15, -0.1) is 0 Å². The fourth-order valence-electron chi connectivity index (χ4n) is 2.41. The molecular weight excluding hydrogens is 288 g/mol. The van der Waals surface area contributed by atoms with Crippen molar-refractivity contribution in [1.29, 1.82) is 0 Å². The molecule has 0 aromatic heterocycles. The summed E-state index contributed by atoms with van der Waals surface area (Å²) in [7, 11) is -1.61. The molecule has 1 aromatic rings. The van der Waals surface area contributed by atoms with Gasteiger partial charge in [0.1, 0.15) is 0 Å². The zero-order valence-corrected chi connectivity index (χ0v) is 13.7. The van der Waals surface area contributed by atoms with E-state index in [2.05, 4.69) is 10.0 Å². The van der Waals surface area contributed by atoms with Crippen LogP contribution in [0.3, 0.4) is 0 Å². The molecule has 6 heteroatoms. The summed E-state index contributed by atoms with van der Waals surface area (Å²) < 4.78 is 32.9. The Kier molecular flexibility index (Phi) is 5.03. The average molecular weight is 312 g/mol. The molecule has 21 heavy (non-hydrogen) atoms. The molecule has 2 unspecified atom stereocenters. The first kappa shape index (κ1) is 16.4. The Bertz CT molecular complexity index is 563. The highest BCUT2D eigenvalue weighted by Crippen LogP contribution is 2.24. The van der Waals surface area contributed by atoms with Gasteiger partial charge >= 0.3 is 0 Å². The molecule has 0 saturated carbocycles. The van der Waals surface area contributed by atoms with Crippen LogP contribution in [0.4, 0.5) is 0 Å². The number of rotatable bonds is 6. The highest BCUT2D eigenvalue weighted by Gasteiger charge is 2.31. The van der Waals surface area contributed by atoms with E-state index in [1.54, 1.807) is 12.1 Å². The Morgan fingerprint density at radius 1 is 1.33 bits per heavy atom. The van der Waals surface area contributed by atoms with Gasteiger partial charge in [-0.3, -0.25) is 0 Å². The van der Waals surface area contributed by atoms with Crippen LogP contribution >= 0.6 is 0 Å². The van der Waals surface area contributed by atoms with E-state index in [1.807, 2.05) is 33.0 Å². The molecule has 2 atom stereocenters. The SMILES string of the molecule is CNC(C)c1ccc(S(=O)(=O)NCC2(C)CCCO2)cc1. The van der Waals surface area contributed by atoms with Gasteiger partial charge in [0.2, 0.25) is 10.0 Å². The molecule has 0 spiro atoms. The average Bonchev–Trinajstić information content (AvgIpc) is 2.92. The Balaban J connectivity index is 2.05. The molecule has 1 aliphatic rings. The number of hydrogen-bond acceptors (Lipinski definition) is 4. The fraction of sp³-hybridized carbons (Fsp3) is 0.600. The fourth-order valence-corrected chi connectivity index (χ4v) is 3.57. The van der Waals surface area contributed by atoms with Crippen LogP contribution in [0.5, 0.6) is 0 Å². The molecule has 1 aromatic carbocycles. The monoisotopic (exact) mass is 312 g/mol. The Hall–Kier alpha value is -0.950. The maximum atomic E-state index is 12.3. The van der Waals surface area contributed by atoms with Gasteiger partial charge in [-0.25, -0.2) is 13.1 Å². The molecule has 118 valence electrons. The van der Waals surface area contributed by atoms with Gasteiger partial charge in [0, 0.05) is 19.2 Å².